The van der Waals surface area contributed by atoms with E-state index in [9.17, 15) is 33.9 Å². The summed E-state index contributed by atoms with van der Waals surface area (Å²) in [6.07, 6.45) is -5.94. The first kappa shape index (κ1) is 29.8. The van der Waals surface area contributed by atoms with Crippen LogP contribution in [0.4, 0.5) is 0 Å². The van der Waals surface area contributed by atoms with Crippen LogP contribution in [0.15, 0.2) is 0 Å². The van der Waals surface area contributed by atoms with Crippen LogP contribution in [0.3, 0.4) is 0 Å². The topological polar surface area (TPSA) is 233 Å². The van der Waals surface area contributed by atoms with Crippen molar-refractivity contribution in [1.82, 2.24) is 0 Å². The number of carboxylic acid groups (broad SMARTS) is 5. The van der Waals surface area contributed by atoms with Crippen LogP contribution >= 0.6 is 0 Å². The number of aliphatic carboxylic acids is 5. The van der Waals surface area contributed by atoms with Crippen LogP contribution in [0, 0.1) is 0 Å². The maximum atomic E-state index is 11.7. The van der Waals surface area contributed by atoms with Gasteiger partial charge in [-0.05, 0) is 0 Å². The van der Waals surface area contributed by atoms with Gasteiger partial charge in [0, 0.05) is 39.0 Å². The number of carboxylic acids is 5. The molecule has 0 aliphatic heterocycles. The molecule has 0 heterocycles. The maximum Gasteiger partial charge on any atom is 0.349 e. The molecule has 1 unspecified atom stereocenters. The zero-order valence-corrected chi connectivity index (χ0v) is 19.7. The van der Waals surface area contributed by atoms with Gasteiger partial charge in [-0.2, -0.15) is 0 Å². The third-order valence-corrected chi connectivity index (χ3v) is 2.85. The number of esters is 1. The van der Waals surface area contributed by atoms with Gasteiger partial charge in [-0.1, -0.05) is 0 Å². The minimum Gasteiger partial charge on any atom is -0.481 e. The molecule has 0 aliphatic rings. The van der Waals surface area contributed by atoms with Gasteiger partial charge in [0.15, 0.2) is 5.60 Å². The van der Waals surface area contributed by atoms with Crippen molar-refractivity contribution in [2.24, 2.45) is 0 Å². The number of ether oxygens (including phenoxy) is 1. The van der Waals surface area contributed by atoms with E-state index in [0.29, 0.717) is 0 Å². The van der Waals surface area contributed by atoms with Crippen molar-refractivity contribution in [1.29, 1.82) is 0 Å². The Bertz CT molecular complexity index is 600. The monoisotopic (exact) mass is 494 g/mol. The Balaban J connectivity index is -0.00000288. The van der Waals surface area contributed by atoms with E-state index >= 15 is 0 Å². The molecule has 0 rings (SSSR count). The SMILES string of the molecule is O=C(O)CC(O)(CC(=O)OC(CC(=O)O)(CC(=O)O)C(=O)O)C(=O)O.[Zn].[Zn]. The van der Waals surface area contributed by atoms with Crippen molar-refractivity contribution in [3.8, 4) is 0 Å². The average molecular weight is 497 g/mol. The summed E-state index contributed by atoms with van der Waals surface area (Å²) in [6, 6.07) is 0. The fourth-order valence-corrected chi connectivity index (χ4v) is 1.77. The number of aliphatic hydroxyl groups is 1. The average Bonchev–Trinajstić information content (AvgIpc) is 2.34. The fourth-order valence-electron chi connectivity index (χ4n) is 1.77. The quantitative estimate of drug-likeness (QED) is 0.134. The molecule has 1 atom stereocenters. The predicted octanol–water partition coefficient (Wildman–Crippen LogP) is -2.02. The molecule has 0 radical (unpaired) electrons. The molecule has 15 heteroatoms. The molecule has 13 nitrogen and oxygen atoms in total. The Kier molecular flexibility index (Phi) is 12.9. The molecule has 0 aromatic carbocycles. The zero-order chi connectivity index (χ0) is 20.0. The van der Waals surface area contributed by atoms with Gasteiger partial charge in [0.25, 0.3) is 0 Å². The minimum atomic E-state index is -3.17. The molecule has 27 heavy (non-hydrogen) atoms. The Morgan fingerprint density at radius 2 is 1.00 bits per heavy atom. The first-order valence-electron chi connectivity index (χ1n) is 6.30. The van der Waals surface area contributed by atoms with Gasteiger partial charge in [0.1, 0.15) is 0 Å². The second kappa shape index (κ2) is 11.7. The summed E-state index contributed by atoms with van der Waals surface area (Å²) >= 11 is 0. The second-order valence-corrected chi connectivity index (χ2v) is 5.00. The Morgan fingerprint density at radius 1 is 0.630 bits per heavy atom. The van der Waals surface area contributed by atoms with Crippen LogP contribution in [0.5, 0.6) is 0 Å². The molecule has 0 fully saturated rings. The number of hydrogen-bond acceptors (Lipinski definition) is 8. The van der Waals surface area contributed by atoms with E-state index in [1.807, 2.05) is 0 Å². The van der Waals surface area contributed by atoms with E-state index < -0.39 is 72.7 Å². The van der Waals surface area contributed by atoms with Gasteiger partial charge >= 0.3 is 35.8 Å². The number of carbonyl (C=O) groups excluding carboxylic acids is 1. The van der Waals surface area contributed by atoms with Crippen molar-refractivity contribution < 1.29 is 103 Å². The van der Waals surface area contributed by atoms with Crippen molar-refractivity contribution in [2.45, 2.75) is 36.9 Å². The predicted molar refractivity (Wildman–Crippen MR) is 70.4 cm³/mol. The minimum absolute atomic E-state index is 0. The number of rotatable bonds is 11. The van der Waals surface area contributed by atoms with Crippen LogP contribution in [-0.2, 0) is 72.5 Å². The molecule has 0 saturated heterocycles. The van der Waals surface area contributed by atoms with E-state index in [1.165, 1.54) is 0 Å². The van der Waals surface area contributed by atoms with E-state index in [2.05, 4.69) is 4.74 Å². The molecule has 0 bridgehead atoms. The van der Waals surface area contributed by atoms with Gasteiger partial charge in [-0.3, -0.25) is 19.2 Å². The Labute approximate surface area is 175 Å². The summed E-state index contributed by atoms with van der Waals surface area (Å²) in [4.78, 5) is 66.0. The van der Waals surface area contributed by atoms with Crippen LogP contribution in [0.1, 0.15) is 25.7 Å². The molecule has 6 N–H and O–H groups in total. The van der Waals surface area contributed by atoms with Crippen LogP contribution in [-0.4, -0.2) is 77.7 Å². The summed E-state index contributed by atoms with van der Waals surface area (Å²) in [7, 11) is 0. The van der Waals surface area contributed by atoms with E-state index in [4.69, 9.17) is 25.5 Å². The van der Waals surface area contributed by atoms with Crippen molar-refractivity contribution >= 4 is 35.8 Å². The van der Waals surface area contributed by atoms with Crippen LogP contribution < -0.4 is 0 Å². The first-order chi connectivity index (χ1) is 11.2. The molecule has 0 aromatic heterocycles. The third kappa shape index (κ3) is 9.50. The van der Waals surface area contributed by atoms with E-state index in [1.54, 1.807) is 0 Å². The fraction of sp³-hybridized carbons (Fsp3) is 0.500. The normalized spacial score (nSPS) is 12.3. The Morgan fingerprint density at radius 3 is 1.26 bits per heavy atom. The number of carbonyl (C=O) groups is 6. The van der Waals surface area contributed by atoms with Gasteiger partial charge < -0.3 is 35.4 Å². The summed E-state index contributed by atoms with van der Waals surface area (Å²) in [6.45, 7) is 0. The van der Waals surface area contributed by atoms with Crippen molar-refractivity contribution in [2.75, 3.05) is 0 Å². The summed E-state index contributed by atoms with van der Waals surface area (Å²) in [5.74, 6) is -11.6. The summed E-state index contributed by atoms with van der Waals surface area (Å²) < 4.78 is 4.33. The molecule has 0 spiro atoms. The molecule has 0 saturated carbocycles. The maximum absolute atomic E-state index is 11.7. The molecular formula is C12H14O13Zn2. The van der Waals surface area contributed by atoms with Crippen molar-refractivity contribution in [3.05, 3.63) is 0 Å². The smallest absolute Gasteiger partial charge is 0.349 e. The van der Waals surface area contributed by atoms with Crippen LogP contribution in [0.25, 0.3) is 0 Å². The van der Waals surface area contributed by atoms with Gasteiger partial charge in [-0.25, -0.2) is 9.59 Å². The molecular weight excluding hydrogens is 483 g/mol. The first-order valence-corrected chi connectivity index (χ1v) is 6.30. The Hall–Kier alpha value is -1.97. The molecule has 0 amide bonds. The standard InChI is InChI=1S/C12H14O13.2Zn/c13-5(14)1-11(24,9(20)21)4-8(19)25-12(10(22)23,2-6(15)16)3-7(17)18;;/h24H,1-4H2,(H,13,14)(H,15,16)(H,17,18)(H,20,21)(H,22,23);;. The van der Waals surface area contributed by atoms with Gasteiger partial charge in [0.2, 0.25) is 5.60 Å². The van der Waals surface area contributed by atoms with Crippen molar-refractivity contribution in [3.63, 3.8) is 0 Å². The molecule has 0 aliphatic carbocycles. The zero-order valence-electron chi connectivity index (χ0n) is 13.8. The van der Waals surface area contributed by atoms with E-state index in [-0.39, 0.29) is 39.0 Å². The third-order valence-electron chi connectivity index (χ3n) is 2.85. The summed E-state index contributed by atoms with van der Waals surface area (Å²) in [5.41, 5.74) is -6.24. The molecule has 144 valence electrons. The van der Waals surface area contributed by atoms with Gasteiger partial charge in [-0.15, -0.1) is 0 Å². The number of hydrogen-bond donors (Lipinski definition) is 6. The van der Waals surface area contributed by atoms with Gasteiger partial charge in [0.05, 0.1) is 25.7 Å². The molecule has 0 aromatic rings. The van der Waals surface area contributed by atoms with Crippen LogP contribution in [0.2, 0.25) is 0 Å². The van der Waals surface area contributed by atoms with E-state index in [0.717, 1.165) is 0 Å². The largest absolute Gasteiger partial charge is 0.481 e. The second-order valence-electron chi connectivity index (χ2n) is 5.00. The summed E-state index contributed by atoms with van der Waals surface area (Å²) in [5, 5.41) is 53.5.